The summed E-state index contributed by atoms with van der Waals surface area (Å²) in [6, 6.07) is 10.4. The molecule has 1 aromatic heterocycles. The van der Waals surface area contributed by atoms with Crippen molar-refractivity contribution in [2.45, 2.75) is 45.6 Å². The SMILES string of the molecule is Cc1ccc(C2CCCN2C(=O)c2cc(C(C)C)on2)cc1. The first kappa shape index (κ1) is 14.8. The maximum atomic E-state index is 12.7. The summed E-state index contributed by atoms with van der Waals surface area (Å²) in [5.41, 5.74) is 2.85. The normalized spacial score (nSPS) is 18.2. The van der Waals surface area contributed by atoms with E-state index in [1.54, 1.807) is 6.07 Å². The summed E-state index contributed by atoms with van der Waals surface area (Å²) in [4.78, 5) is 14.7. The molecule has 1 atom stereocenters. The van der Waals surface area contributed by atoms with Crippen LogP contribution in [0.3, 0.4) is 0 Å². The molecular formula is C18H22N2O2. The summed E-state index contributed by atoms with van der Waals surface area (Å²) < 4.78 is 5.27. The maximum absolute atomic E-state index is 12.7. The Kier molecular flexibility index (Phi) is 4.01. The van der Waals surface area contributed by atoms with Crippen molar-refractivity contribution in [2.75, 3.05) is 6.54 Å². The molecule has 3 rings (SSSR count). The van der Waals surface area contributed by atoms with Gasteiger partial charge in [0.2, 0.25) is 0 Å². The van der Waals surface area contributed by atoms with Gasteiger partial charge in [0.15, 0.2) is 5.69 Å². The lowest BCUT2D eigenvalue weighted by atomic mass is 10.0. The van der Waals surface area contributed by atoms with Crippen LogP contribution in [0.5, 0.6) is 0 Å². The van der Waals surface area contributed by atoms with Crippen LogP contribution in [0, 0.1) is 6.92 Å². The standard InChI is InChI=1S/C18H22N2O2/c1-12(2)17-11-15(19-22-17)18(21)20-10-4-5-16(20)14-8-6-13(3)7-9-14/h6-9,11-12,16H,4-5,10H2,1-3H3. The molecule has 1 unspecified atom stereocenters. The second-order valence-electron chi connectivity index (χ2n) is 6.34. The first-order chi connectivity index (χ1) is 10.6. The van der Waals surface area contributed by atoms with Crippen LogP contribution in [-0.2, 0) is 0 Å². The Labute approximate surface area is 131 Å². The third kappa shape index (κ3) is 2.78. The highest BCUT2D eigenvalue weighted by Gasteiger charge is 2.32. The van der Waals surface area contributed by atoms with Crippen molar-refractivity contribution in [3.63, 3.8) is 0 Å². The lowest BCUT2D eigenvalue weighted by molar-refractivity contribution is 0.0725. The van der Waals surface area contributed by atoms with Gasteiger partial charge in [-0.3, -0.25) is 4.79 Å². The van der Waals surface area contributed by atoms with Crippen molar-refractivity contribution < 1.29 is 9.32 Å². The maximum Gasteiger partial charge on any atom is 0.276 e. The fourth-order valence-electron chi connectivity index (χ4n) is 2.95. The van der Waals surface area contributed by atoms with E-state index in [2.05, 4.69) is 36.3 Å². The van der Waals surface area contributed by atoms with Crippen molar-refractivity contribution in [3.8, 4) is 0 Å². The summed E-state index contributed by atoms with van der Waals surface area (Å²) in [7, 11) is 0. The number of rotatable bonds is 3. The molecule has 1 amide bonds. The van der Waals surface area contributed by atoms with Gasteiger partial charge >= 0.3 is 0 Å². The molecule has 1 fully saturated rings. The minimum absolute atomic E-state index is 0.0290. The number of aryl methyl sites for hydroxylation is 1. The minimum Gasteiger partial charge on any atom is -0.360 e. The van der Waals surface area contributed by atoms with Crippen molar-refractivity contribution in [1.29, 1.82) is 0 Å². The molecular weight excluding hydrogens is 276 g/mol. The summed E-state index contributed by atoms with van der Waals surface area (Å²) in [5.74, 6) is 0.966. The van der Waals surface area contributed by atoms with Crippen LogP contribution in [0.4, 0.5) is 0 Å². The van der Waals surface area contributed by atoms with Crippen LogP contribution in [0.2, 0.25) is 0 Å². The van der Waals surface area contributed by atoms with Crippen LogP contribution in [-0.4, -0.2) is 22.5 Å². The Balaban J connectivity index is 1.82. The van der Waals surface area contributed by atoms with E-state index in [-0.39, 0.29) is 17.9 Å². The quantitative estimate of drug-likeness (QED) is 0.857. The van der Waals surface area contributed by atoms with Gasteiger partial charge in [-0.25, -0.2) is 0 Å². The van der Waals surface area contributed by atoms with E-state index >= 15 is 0 Å². The highest BCUT2D eigenvalue weighted by atomic mass is 16.5. The van der Waals surface area contributed by atoms with Crippen LogP contribution < -0.4 is 0 Å². The van der Waals surface area contributed by atoms with Gasteiger partial charge in [-0.1, -0.05) is 48.8 Å². The summed E-state index contributed by atoms with van der Waals surface area (Å²) in [6.45, 7) is 6.91. The Bertz CT molecular complexity index is 658. The number of amides is 1. The van der Waals surface area contributed by atoms with Crippen LogP contribution in [0.1, 0.15) is 66.0 Å². The van der Waals surface area contributed by atoms with Gasteiger partial charge in [-0.2, -0.15) is 0 Å². The average Bonchev–Trinajstić information content (AvgIpc) is 3.17. The van der Waals surface area contributed by atoms with Crippen LogP contribution in [0.25, 0.3) is 0 Å². The molecule has 2 heterocycles. The average molecular weight is 298 g/mol. The highest BCUT2D eigenvalue weighted by molar-refractivity contribution is 5.92. The minimum atomic E-state index is -0.0290. The molecule has 0 radical (unpaired) electrons. The molecule has 0 aliphatic carbocycles. The van der Waals surface area contributed by atoms with Gasteiger partial charge in [0.05, 0.1) is 6.04 Å². The third-order valence-electron chi connectivity index (χ3n) is 4.29. The first-order valence-corrected chi connectivity index (χ1v) is 7.90. The molecule has 1 aliphatic heterocycles. The number of carbonyl (C=O) groups is 1. The molecule has 2 aromatic rings. The molecule has 22 heavy (non-hydrogen) atoms. The molecule has 0 spiro atoms. The topological polar surface area (TPSA) is 46.3 Å². The zero-order valence-corrected chi connectivity index (χ0v) is 13.4. The first-order valence-electron chi connectivity index (χ1n) is 7.90. The molecule has 116 valence electrons. The number of nitrogens with zero attached hydrogens (tertiary/aromatic N) is 2. The van der Waals surface area contributed by atoms with E-state index in [4.69, 9.17) is 4.52 Å². The fraction of sp³-hybridized carbons (Fsp3) is 0.444. The number of aromatic nitrogens is 1. The van der Waals surface area contributed by atoms with E-state index in [0.717, 1.165) is 25.1 Å². The van der Waals surface area contributed by atoms with E-state index in [1.165, 1.54) is 11.1 Å². The van der Waals surface area contributed by atoms with Gasteiger partial charge in [0.1, 0.15) is 5.76 Å². The van der Waals surface area contributed by atoms with Gasteiger partial charge in [-0.15, -0.1) is 0 Å². The zero-order valence-electron chi connectivity index (χ0n) is 13.4. The monoisotopic (exact) mass is 298 g/mol. The second kappa shape index (κ2) is 5.95. The molecule has 1 saturated heterocycles. The van der Waals surface area contributed by atoms with Crippen molar-refractivity contribution in [1.82, 2.24) is 10.1 Å². The molecule has 1 aromatic carbocycles. The molecule has 0 bridgehead atoms. The molecule has 0 saturated carbocycles. The third-order valence-corrected chi connectivity index (χ3v) is 4.29. The summed E-state index contributed by atoms with van der Waals surface area (Å²) in [6.07, 6.45) is 2.03. The van der Waals surface area contributed by atoms with Gasteiger partial charge < -0.3 is 9.42 Å². The van der Waals surface area contributed by atoms with E-state index in [0.29, 0.717) is 5.69 Å². The predicted molar refractivity (Wildman–Crippen MR) is 84.8 cm³/mol. The number of benzene rings is 1. The van der Waals surface area contributed by atoms with E-state index in [1.807, 2.05) is 18.7 Å². The fourth-order valence-corrected chi connectivity index (χ4v) is 2.95. The summed E-state index contributed by atoms with van der Waals surface area (Å²) in [5, 5.41) is 3.96. The van der Waals surface area contributed by atoms with Gasteiger partial charge in [0, 0.05) is 18.5 Å². The van der Waals surface area contributed by atoms with Crippen molar-refractivity contribution >= 4 is 5.91 Å². The van der Waals surface area contributed by atoms with E-state index in [9.17, 15) is 4.79 Å². The number of hydrogen-bond donors (Lipinski definition) is 0. The smallest absolute Gasteiger partial charge is 0.276 e. The largest absolute Gasteiger partial charge is 0.360 e. The van der Waals surface area contributed by atoms with Gasteiger partial charge in [0.25, 0.3) is 5.91 Å². The number of likely N-dealkylation sites (tertiary alicyclic amines) is 1. The highest BCUT2D eigenvalue weighted by Crippen LogP contribution is 2.33. The lowest BCUT2D eigenvalue weighted by Gasteiger charge is -2.24. The number of hydrogen-bond acceptors (Lipinski definition) is 3. The Morgan fingerprint density at radius 3 is 2.68 bits per heavy atom. The van der Waals surface area contributed by atoms with Gasteiger partial charge in [-0.05, 0) is 25.3 Å². The number of carbonyl (C=O) groups excluding carboxylic acids is 1. The molecule has 1 aliphatic rings. The Morgan fingerprint density at radius 1 is 1.32 bits per heavy atom. The molecule has 4 heteroatoms. The van der Waals surface area contributed by atoms with Crippen molar-refractivity contribution in [3.05, 3.63) is 52.9 Å². The molecule has 0 N–H and O–H groups in total. The predicted octanol–water partition coefficient (Wildman–Crippen LogP) is 4.08. The van der Waals surface area contributed by atoms with Crippen LogP contribution >= 0.6 is 0 Å². The lowest BCUT2D eigenvalue weighted by Crippen LogP contribution is -2.30. The van der Waals surface area contributed by atoms with Crippen molar-refractivity contribution in [2.24, 2.45) is 0 Å². The Hall–Kier alpha value is -2.10. The Morgan fingerprint density at radius 2 is 2.05 bits per heavy atom. The summed E-state index contributed by atoms with van der Waals surface area (Å²) >= 11 is 0. The molecule has 4 nitrogen and oxygen atoms in total. The van der Waals surface area contributed by atoms with Crippen LogP contribution in [0.15, 0.2) is 34.9 Å². The second-order valence-corrected chi connectivity index (χ2v) is 6.34. The zero-order chi connectivity index (χ0) is 15.7. The van der Waals surface area contributed by atoms with E-state index < -0.39 is 0 Å².